The summed E-state index contributed by atoms with van der Waals surface area (Å²) in [5.41, 5.74) is 0. The van der Waals surface area contributed by atoms with Gasteiger partial charge in [0.05, 0.1) is 11.1 Å². The molecule has 0 bridgehead atoms. The summed E-state index contributed by atoms with van der Waals surface area (Å²) in [6.45, 7) is 1.76. The van der Waals surface area contributed by atoms with Gasteiger partial charge in [0.2, 0.25) is 0 Å². The average molecular weight is 336 g/mol. The van der Waals surface area contributed by atoms with E-state index in [0.717, 1.165) is 0 Å². The van der Waals surface area contributed by atoms with Gasteiger partial charge in [-0.25, -0.2) is 0 Å². The molecular formula is C12H12BrClO4. The number of ketones is 1. The number of carbonyl (C=O) groups excluding carboxylic acids is 2. The van der Waals surface area contributed by atoms with Crippen molar-refractivity contribution in [1.29, 1.82) is 0 Å². The Morgan fingerprint density at radius 2 is 2.11 bits per heavy atom. The van der Waals surface area contributed by atoms with Crippen molar-refractivity contribution >= 4 is 39.3 Å². The molecule has 0 aliphatic heterocycles. The van der Waals surface area contributed by atoms with Crippen LogP contribution >= 0.6 is 27.5 Å². The van der Waals surface area contributed by atoms with E-state index >= 15 is 0 Å². The minimum absolute atomic E-state index is 0.182. The first-order valence-electron chi connectivity index (χ1n) is 5.28. The molecule has 6 heteroatoms. The predicted molar refractivity (Wildman–Crippen MR) is 70.9 cm³/mol. The SMILES string of the molecule is CCOC(=O)CC(=O)COc1ccc(Cl)cc1Br. The molecule has 1 aromatic carbocycles. The number of hydrogen-bond donors (Lipinski definition) is 0. The first-order chi connectivity index (χ1) is 8.52. The normalized spacial score (nSPS) is 9.94. The molecule has 0 unspecified atom stereocenters. The minimum atomic E-state index is -0.540. The Balaban J connectivity index is 2.45. The maximum absolute atomic E-state index is 11.4. The minimum Gasteiger partial charge on any atom is -0.485 e. The highest BCUT2D eigenvalue weighted by molar-refractivity contribution is 9.10. The van der Waals surface area contributed by atoms with Crippen LogP contribution in [-0.2, 0) is 14.3 Å². The van der Waals surface area contributed by atoms with Crippen molar-refractivity contribution in [3.8, 4) is 5.75 Å². The predicted octanol–water partition coefficient (Wildman–Crippen LogP) is 3.00. The molecular weight excluding hydrogens is 323 g/mol. The van der Waals surface area contributed by atoms with E-state index < -0.39 is 5.97 Å². The van der Waals surface area contributed by atoms with Gasteiger partial charge in [0.25, 0.3) is 0 Å². The second-order valence-electron chi connectivity index (χ2n) is 3.38. The summed E-state index contributed by atoms with van der Waals surface area (Å²) in [6.07, 6.45) is -0.279. The molecule has 0 saturated heterocycles. The van der Waals surface area contributed by atoms with Crippen molar-refractivity contribution in [3.05, 3.63) is 27.7 Å². The van der Waals surface area contributed by atoms with Gasteiger partial charge in [-0.3, -0.25) is 9.59 Å². The van der Waals surface area contributed by atoms with E-state index in [4.69, 9.17) is 16.3 Å². The fourth-order valence-corrected chi connectivity index (χ4v) is 1.97. The van der Waals surface area contributed by atoms with Crippen molar-refractivity contribution < 1.29 is 19.1 Å². The van der Waals surface area contributed by atoms with Crippen molar-refractivity contribution in [2.75, 3.05) is 13.2 Å². The van der Waals surface area contributed by atoms with E-state index in [2.05, 4.69) is 20.7 Å². The van der Waals surface area contributed by atoms with Crippen LogP contribution in [0.2, 0.25) is 5.02 Å². The number of Topliss-reactive ketones (excluding diaryl/α,β-unsaturated/α-hetero) is 1. The number of esters is 1. The molecule has 1 aromatic rings. The molecule has 0 saturated carbocycles. The standard InChI is InChI=1S/C12H12BrClO4/c1-2-17-12(16)6-9(15)7-18-11-4-3-8(14)5-10(11)13/h3-5H,2,6-7H2,1H3. The topological polar surface area (TPSA) is 52.6 Å². The van der Waals surface area contributed by atoms with Gasteiger partial charge in [0.1, 0.15) is 18.8 Å². The first-order valence-corrected chi connectivity index (χ1v) is 6.45. The molecule has 0 fully saturated rings. The van der Waals surface area contributed by atoms with Gasteiger partial charge in [0.15, 0.2) is 5.78 Å². The Labute approximate surface area is 118 Å². The second-order valence-corrected chi connectivity index (χ2v) is 4.67. The number of ether oxygens (including phenoxy) is 2. The van der Waals surface area contributed by atoms with Crippen molar-refractivity contribution in [1.82, 2.24) is 0 Å². The summed E-state index contributed by atoms with van der Waals surface area (Å²) in [6, 6.07) is 4.95. The van der Waals surface area contributed by atoms with E-state index in [9.17, 15) is 9.59 Å². The van der Waals surface area contributed by atoms with Gasteiger partial charge in [-0.15, -0.1) is 0 Å². The molecule has 0 amide bonds. The molecule has 98 valence electrons. The summed E-state index contributed by atoms with van der Waals surface area (Å²) in [5.74, 6) is -0.381. The van der Waals surface area contributed by atoms with Gasteiger partial charge in [0, 0.05) is 5.02 Å². The summed E-state index contributed by atoms with van der Waals surface area (Å²) in [4.78, 5) is 22.5. The number of rotatable bonds is 6. The van der Waals surface area contributed by atoms with Crippen molar-refractivity contribution in [2.45, 2.75) is 13.3 Å². The molecule has 0 aliphatic rings. The van der Waals surface area contributed by atoms with Crippen LogP contribution in [0.3, 0.4) is 0 Å². The number of halogens is 2. The van der Waals surface area contributed by atoms with Gasteiger partial charge in [-0.05, 0) is 41.1 Å². The van der Waals surface area contributed by atoms with Crippen LogP contribution in [0.4, 0.5) is 0 Å². The molecule has 18 heavy (non-hydrogen) atoms. The smallest absolute Gasteiger partial charge is 0.313 e. The molecule has 1 rings (SSSR count). The van der Waals surface area contributed by atoms with Crippen LogP contribution in [0.25, 0.3) is 0 Å². The van der Waals surface area contributed by atoms with Crippen LogP contribution in [0.15, 0.2) is 22.7 Å². The van der Waals surface area contributed by atoms with Crippen molar-refractivity contribution in [2.24, 2.45) is 0 Å². The fraction of sp³-hybridized carbons (Fsp3) is 0.333. The quantitative estimate of drug-likeness (QED) is 0.592. The Kier molecular flexibility index (Phi) is 6.15. The Hall–Kier alpha value is -1.07. The van der Waals surface area contributed by atoms with Crippen molar-refractivity contribution in [3.63, 3.8) is 0 Å². The largest absolute Gasteiger partial charge is 0.485 e. The molecule has 0 spiro atoms. The van der Waals surface area contributed by atoms with E-state index in [1.807, 2.05) is 0 Å². The summed E-state index contributed by atoms with van der Waals surface area (Å²) < 4.78 is 10.6. The molecule has 0 N–H and O–H groups in total. The Morgan fingerprint density at radius 1 is 1.39 bits per heavy atom. The van der Waals surface area contributed by atoms with Crippen LogP contribution in [0.1, 0.15) is 13.3 Å². The van der Waals surface area contributed by atoms with Gasteiger partial charge >= 0.3 is 5.97 Å². The third-order valence-corrected chi connectivity index (χ3v) is 2.78. The van der Waals surface area contributed by atoms with E-state index in [1.54, 1.807) is 25.1 Å². The molecule has 4 nitrogen and oxygen atoms in total. The monoisotopic (exact) mass is 334 g/mol. The zero-order chi connectivity index (χ0) is 13.5. The van der Waals surface area contributed by atoms with Crippen LogP contribution in [-0.4, -0.2) is 25.0 Å². The van der Waals surface area contributed by atoms with Gasteiger partial charge < -0.3 is 9.47 Å². The number of benzene rings is 1. The molecule has 0 atom stereocenters. The second kappa shape index (κ2) is 7.38. The lowest BCUT2D eigenvalue weighted by molar-refractivity contribution is -0.145. The summed E-state index contributed by atoms with van der Waals surface area (Å²) in [7, 11) is 0. The number of carbonyl (C=O) groups is 2. The maximum atomic E-state index is 11.4. The zero-order valence-electron chi connectivity index (χ0n) is 9.74. The highest BCUT2D eigenvalue weighted by Crippen LogP contribution is 2.27. The summed E-state index contributed by atoms with van der Waals surface area (Å²) in [5, 5.41) is 0.562. The average Bonchev–Trinajstić information content (AvgIpc) is 2.28. The van der Waals surface area contributed by atoms with E-state index in [-0.39, 0.29) is 25.4 Å². The molecule has 0 aliphatic carbocycles. The van der Waals surface area contributed by atoms with E-state index in [1.165, 1.54) is 0 Å². The maximum Gasteiger partial charge on any atom is 0.313 e. The Morgan fingerprint density at radius 3 is 2.72 bits per heavy atom. The highest BCUT2D eigenvalue weighted by Gasteiger charge is 2.11. The molecule has 0 aromatic heterocycles. The lowest BCUT2D eigenvalue weighted by atomic mass is 10.3. The zero-order valence-corrected chi connectivity index (χ0v) is 12.1. The lowest BCUT2D eigenvalue weighted by Gasteiger charge is -2.07. The highest BCUT2D eigenvalue weighted by atomic mass is 79.9. The number of hydrogen-bond acceptors (Lipinski definition) is 4. The third kappa shape index (κ3) is 5.06. The molecule has 0 radical (unpaired) electrons. The van der Waals surface area contributed by atoms with Crippen LogP contribution in [0, 0.1) is 0 Å². The lowest BCUT2D eigenvalue weighted by Crippen LogP contribution is -2.17. The fourth-order valence-electron chi connectivity index (χ4n) is 1.17. The Bertz CT molecular complexity index is 448. The van der Waals surface area contributed by atoms with E-state index in [0.29, 0.717) is 15.2 Å². The third-order valence-electron chi connectivity index (χ3n) is 1.93. The van der Waals surface area contributed by atoms with Crippen LogP contribution < -0.4 is 4.74 Å². The van der Waals surface area contributed by atoms with Gasteiger partial charge in [-0.1, -0.05) is 11.6 Å². The molecule has 0 heterocycles. The first kappa shape index (κ1) is 15.0. The van der Waals surface area contributed by atoms with Gasteiger partial charge in [-0.2, -0.15) is 0 Å². The summed E-state index contributed by atoms with van der Waals surface area (Å²) >= 11 is 9.03. The van der Waals surface area contributed by atoms with Crippen LogP contribution in [0.5, 0.6) is 5.75 Å².